The van der Waals surface area contributed by atoms with E-state index in [1.165, 1.54) is 11.8 Å². The van der Waals surface area contributed by atoms with Crippen LogP contribution in [-0.4, -0.2) is 25.4 Å². The molecule has 0 bridgehead atoms. The van der Waals surface area contributed by atoms with Crippen LogP contribution in [-0.2, 0) is 0 Å². The van der Waals surface area contributed by atoms with Crippen LogP contribution in [0.15, 0.2) is 106 Å². The smallest absolute Gasteiger partial charge is 0.265 e. The molecule has 0 aliphatic heterocycles. The lowest BCUT2D eigenvalue weighted by atomic mass is 10.1. The van der Waals surface area contributed by atoms with Gasteiger partial charge in [0, 0.05) is 23.6 Å². The molecule has 3 heterocycles. The van der Waals surface area contributed by atoms with Gasteiger partial charge in [0.15, 0.2) is 0 Å². The van der Waals surface area contributed by atoms with E-state index in [-0.39, 0.29) is 11.5 Å². The Balaban J connectivity index is 1.36. The molecule has 0 aliphatic carbocycles. The van der Waals surface area contributed by atoms with Gasteiger partial charge in [-0.3, -0.25) is 14.2 Å². The number of anilines is 1. The van der Waals surface area contributed by atoms with Gasteiger partial charge < -0.3 is 5.32 Å². The molecule has 0 fully saturated rings. The molecule has 0 spiro atoms. The average Bonchev–Trinajstić information content (AvgIpc) is 2.85. The summed E-state index contributed by atoms with van der Waals surface area (Å²) in [7, 11) is 0. The maximum absolute atomic E-state index is 13.0. The number of para-hydroxylation sites is 1. The number of pyridine rings is 2. The zero-order valence-electron chi connectivity index (χ0n) is 18.2. The van der Waals surface area contributed by atoms with Gasteiger partial charge in [0.2, 0.25) is 0 Å². The molecule has 1 N–H and O–H groups in total. The normalized spacial score (nSPS) is 10.9. The Morgan fingerprint density at radius 2 is 1.65 bits per heavy atom. The van der Waals surface area contributed by atoms with Crippen molar-refractivity contribution in [3.63, 3.8) is 0 Å². The van der Waals surface area contributed by atoms with Crippen LogP contribution < -0.4 is 10.9 Å². The van der Waals surface area contributed by atoms with E-state index in [9.17, 15) is 9.59 Å². The summed E-state index contributed by atoms with van der Waals surface area (Å²) in [6.45, 7) is 1.79. The molecule has 34 heavy (non-hydrogen) atoms. The first-order valence-corrected chi connectivity index (χ1v) is 11.4. The molecule has 1 amide bonds. The number of hydrogen-bond acceptors (Lipinski definition) is 6. The van der Waals surface area contributed by atoms with Gasteiger partial charge in [-0.25, -0.2) is 15.0 Å². The van der Waals surface area contributed by atoms with Gasteiger partial charge in [-0.15, -0.1) is 0 Å². The van der Waals surface area contributed by atoms with Crippen molar-refractivity contribution in [2.24, 2.45) is 0 Å². The van der Waals surface area contributed by atoms with Crippen LogP contribution in [0.4, 0.5) is 5.69 Å². The lowest BCUT2D eigenvalue weighted by molar-refractivity contribution is 0.102. The molecule has 2 aromatic carbocycles. The van der Waals surface area contributed by atoms with Crippen molar-refractivity contribution in [2.45, 2.75) is 17.0 Å². The molecule has 5 rings (SSSR count). The van der Waals surface area contributed by atoms with Crippen molar-refractivity contribution in [3.05, 3.63) is 113 Å². The number of hydrogen-bond donors (Lipinski definition) is 1. The Morgan fingerprint density at radius 3 is 2.44 bits per heavy atom. The number of benzene rings is 2. The van der Waals surface area contributed by atoms with Crippen molar-refractivity contribution in [2.75, 3.05) is 5.32 Å². The van der Waals surface area contributed by atoms with Gasteiger partial charge >= 0.3 is 0 Å². The molecular formula is C26H19N5O2S. The quantitative estimate of drug-likeness (QED) is 0.398. The van der Waals surface area contributed by atoms with Gasteiger partial charge in [0.05, 0.1) is 16.6 Å². The van der Waals surface area contributed by atoms with Crippen LogP contribution in [0.5, 0.6) is 0 Å². The highest BCUT2D eigenvalue weighted by Crippen LogP contribution is 2.25. The number of nitrogens with zero attached hydrogens (tertiary/aromatic N) is 4. The third-order valence-electron chi connectivity index (χ3n) is 5.17. The van der Waals surface area contributed by atoms with Crippen LogP contribution in [0.25, 0.3) is 16.6 Å². The molecule has 0 aliphatic rings. The first kappa shape index (κ1) is 21.5. The number of rotatable bonds is 5. The van der Waals surface area contributed by atoms with Gasteiger partial charge in [-0.1, -0.05) is 30.0 Å². The standard InChI is InChI=1S/C26H19N5O2S/c1-17-29-22-7-3-2-6-21(22)26(33)31(17)20-11-9-18(10-12-20)25(32)30-19-13-15-28-24(16-19)34-23-8-4-5-14-27-23/h2-16H,1H3,(H,28,30,32). The van der Waals surface area contributed by atoms with Crippen LogP contribution in [0.3, 0.4) is 0 Å². The van der Waals surface area contributed by atoms with E-state index in [0.29, 0.717) is 33.7 Å². The number of carbonyl (C=O) groups excluding carboxylic acids is 1. The number of carbonyl (C=O) groups is 1. The highest BCUT2D eigenvalue weighted by Gasteiger charge is 2.12. The molecule has 0 atom stereocenters. The van der Waals surface area contributed by atoms with Crippen molar-refractivity contribution < 1.29 is 4.79 Å². The van der Waals surface area contributed by atoms with Gasteiger partial charge in [0.25, 0.3) is 11.5 Å². The van der Waals surface area contributed by atoms with E-state index in [1.54, 1.807) is 66.3 Å². The monoisotopic (exact) mass is 465 g/mol. The predicted octanol–water partition coefficient (Wildman–Crippen LogP) is 4.89. The van der Waals surface area contributed by atoms with E-state index in [0.717, 1.165) is 10.1 Å². The van der Waals surface area contributed by atoms with Crippen molar-refractivity contribution in [3.8, 4) is 5.69 Å². The zero-order valence-corrected chi connectivity index (χ0v) is 19.0. The van der Waals surface area contributed by atoms with Crippen LogP contribution in [0.1, 0.15) is 16.2 Å². The molecule has 0 radical (unpaired) electrons. The molecule has 0 saturated carbocycles. The van der Waals surface area contributed by atoms with Crippen molar-refractivity contribution >= 4 is 34.3 Å². The summed E-state index contributed by atoms with van der Waals surface area (Å²) in [5, 5.41) is 4.99. The fourth-order valence-electron chi connectivity index (χ4n) is 3.57. The second kappa shape index (κ2) is 9.29. The fourth-order valence-corrected chi connectivity index (χ4v) is 4.34. The predicted molar refractivity (Wildman–Crippen MR) is 133 cm³/mol. The molecule has 3 aromatic heterocycles. The SMILES string of the molecule is Cc1nc2ccccc2c(=O)n1-c1ccc(C(=O)Nc2ccnc(Sc3ccccn3)c2)cc1. The Labute approximate surface area is 199 Å². The summed E-state index contributed by atoms with van der Waals surface area (Å²) in [4.78, 5) is 39.0. The summed E-state index contributed by atoms with van der Waals surface area (Å²) in [5.74, 6) is 0.322. The van der Waals surface area contributed by atoms with E-state index in [2.05, 4.69) is 20.3 Å². The molecular weight excluding hydrogens is 446 g/mol. The lowest BCUT2D eigenvalue weighted by Gasteiger charge is -2.12. The third kappa shape index (κ3) is 4.44. The molecule has 0 unspecified atom stereocenters. The maximum Gasteiger partial charge on any atom is 0.265 e. The number of fused-ring (bicyclic) bond motifs is 1. The van der Waals surface area contributed by atoms with Crippen LogP contribution in [0.2, 0.25) is 0 Å². The van der Waals surface area contributed by atoms with Gasteiger partial charge in [0.1, 0.15) is 15.9 Å². The van der Waals surface area contributed by atoms with Crippen LogP contribution in [0, 0.1) is 6.92 Å². The average molecular weight is 466 g/mol. The topological polar surface area (TPSA) is 89.8 Å². The largest absolute Gasteiger partial charge is 0.322 e. The lowest BCUT2D eigenvalue weighted by Crippen LogP contribution is -2.22. The second-order valence-corrected chi connectivity index (χ2v) is 8.51. The second-order valence-electron chi connectivity index (χ2n) is 7.47. The number of nitrogens with one attached hydrogen (secondary N) is 1. The summed E-state index contributed by atoms with van der Waals surface area (Å²) < 4.78 is 1.55. The van der Waals surface area contributed by atoms with Crippen LogP contribution >= 0.6 is 11.8 Å². The fraction of sp³-hybridized carbons (Fsp3) is 0.0385. The Morgan fingerprint density at radius 1 is 0.882 bits per heavy atom. The Hall–Kier alpha value is -4.30. The summed E-state index contributed by atoms with van der Waals surface area (Å²) in [6.07, 6.45) is 3.37. The maximum atomic E-state index is 13.0. The molecule has 5 aromatic rings. The van der Waals surface area contributed by atoms with Crippen molar-refractivity contribution in [1.82, 2.24) is 19.5 Å². The first-order valence-electron chi connectivity index (χ1n) is 10.5. The van der Waals surface area contributed by atoms with Crippen molar-refractivity contribution in [1.29, 1.82) is 0 Å². The Bertz CT molecular complexity index is 1550. The number of amides is 1. The van der Waals surface area contributed by atoms with Gasteiger partial charge in [-0.05, 0) is 67.6 Å². The molecule has 166 valence electrons. The molecule has 7 nitrogen and oxygen atoms in total. The molecule has 0 saturated heterocycles. The minimum absolute atomic E-state index is 0.143. The van der Waals surface area contributed by atoms with E-state index in [1.807, 2.05) is 36.4 Å². The summed E-state index contributed by atoms with van der Waals surface area (Å²) in [5.41, 5.74) is 2.27. The minimum Gasteiger partial charge on any atom is -0.322 e. The first-order chi connectivity index (χ1) is 16.6. The third-order valence-corrected chi connectivity index (χ3v) is 6.05. The highest BCUT2D eigenvalue weighted by atomic mass is 32.2. The van der Waals surface area contributed by atoms with E-state index >= 15 is 0 Å². The summed E-state index contributed by atoms with van der Waals surface area (Å²) >= 11 is 1.42. The van der Waals surface area contributed by atoms with E-state index < -0.39 is 0 Å². The number of aromatic nitrogens is 4. The van der Waals surface area contributed by atoms with Gasteiger partial charge in [-0.2, -0.15) is 0 Å². The minimum atomic E-state index is -0.257. The van der Waals surface area contributed by atoms with E-state index in [4.69, 9.17) is 0 Å². The highest BCUT2D eigenvalue weighted by molar-refractivity contribution is 7.99. The molecule has 8 heteroatoms. The summed E-state index contributed by atoms with van der Waals surface area (Å²) in [6, 6.07) is 23.3. The number of aryl methyl sites for hydroxylation is 1. The Kier molecular flexibility index (Phi) is 5.88. The zero-order chi connectivity index (χ0) is 23.5.